The Morgan fingerprint density at radius 3 is 2.10 bits per heavy atom. The Morgan fingerprint density at radius 2 is 1.62 bits per heavy atom. The van der Waals surface area contributed by atoms with Crippen molar-refractivity contribution in [2.75, 3.05) is 5.73 Å². The molecule has 4 heteroatoms. The van der Waals surface area contributed by atoms with Crippen molar-refractivity contribution in [1.82, 2.24) is 9.97 Å². The van der Waals surface area contributed by atoms with Crippen LogP contribution >= 0.6 is 15.9 Å². The molecule has 1 heterocycles. The standard InChI is InChI=1S/C17H22BrN3/c1-10(2)11-6-8-12(9-7-11)16-20-14(17(3,4)5)13(18)15(19)21-16/h6-10H,1-5H3,(H2,19,20,21). The van der Waals surface area contributed by atoms with Crippen molar-refractivity contribution in [3.05, 3.63) is 40.0 Å². The second-order valence-electron chi connectivity index (χ2n) is 6.62. The monoisotopic (exact) mass is 347 g/mol. The van der Waals surface area contributed by atoms with Crippen LogP contribution in [0.4, 0.5) is 5.82 Å². The number of anilines is 1. The number of hydrogen-bond donors (Lipinski definition) is 1. The molecule has 0 saturated heterocycles. The Bertz CT molecular complexity index is 640. The van der Waals surface area contributed by atoms with E-state index in [1.807, 2.05) is 0 Å². The molecule has 0 bridgehead atoms. The van der Waals surface area contributed by atoms with E-state index in [0.29, 0.717) is 17.6 Å². The van der Waals surface area contributed by atoms with E-state index in [4.69, 9.17) is 10.7 Å². The molecular weight excluding hydrogens is 326 g/mol. The number of benzene rings is 1. The molecule has 0 amide bonds. The van der Waals surface area contributed by atoms with E-state index in [1.54, 1.807) is 0 Å². The van der Waals surface area contributed by atoms with Gasteiger partial charge in [0.25, 0.3) is 0 Å². The molecule has 0 saturated carbocycles. The molecule has 0 fully saturated rings. The van der Waals surface area contributed by atoms with E-state index in [9.17, 15) is 0 Å². The number of hydrogen-bond acceptors (Lipinski definition) is 3. The zero-order valence-corrected chi connectivity index (χ0v) is 14.8. The van der Waals surface area contributed by atoms with Crippen molar-refractivity contribution in [2.24, 2.45) is 0 Å². The predicted octanol–water partition coefficient (Wildman–Crippen LogP) is 4.91. The molecule has 112 valence electrons. The summed E-state index contributed by atoms with van der Waals surface area (Å²) in [6, 6.07) is 8.37. The molecule has 0 aliphatic carbocycles. The first-order valence-corrected chi connectivity index (χ1v) is 7.93. The average molecular weight is 348 g/mol. The van der Waals surface area contributed by atoms with E-state index in [-0.39, 0.29) is 5.41 Å². The van der Waals surface area contributed by atoms with Crippen LogP contribution in [0.2, 0.25) is 0 Å². The lowest BCUT2D eigenvalue weighted by Crippen LogP contribution is -2.17. The van der Waals surface area contributed by atoms with Crippen LogP contribution < -0.4 is 5.73 Å². The highest BCUT2D eigenvalue weighted by Gasteiger charge is 2.22. The SMILES string of the molecule is CC(C)c1ccc(-c2nc(N)c(Br)c(C(C)(C)C)n2)cc1. The van der Waals surface area contributed by atoms with Gasteiger partial charge in [-0.05, 0) is 27.4 Å². The smallest absolute Gasteiger partial charge is 0.161 e. The minimum absolute atomic E-state index is 0.0947. The highest BCUT2D eigenvalue weighted by molar-refractivity contribution is 9.10. The van der Waals surface area contributed by atoms with Gasteiger partial charge in [0.15, 0.2) is 5.82 Å². The first kappa shape index (κ1) is 16.0. The van der Waals surface area contributed by atoms with Crippen LogP contribution in [0.3, 0.4) is 0 Å². The molecule has 0 aliphatic heterocycles. The first-order chi connectivity index (χ1) is 9.70. The van der Waals surface area contributed by atoms with Gasteiger partial charge in [0.2, 0.25) is 0 Å². The summed E-state index contributed by atoms with van der Waals surface area (Å²) in [7, 11) is 0. The molecule has 2 N–H and O–H groups in total. The zero-order chi connectivity index (χ0) is 15.8. The van der Waals surface area contributed by atoms with Gasteiger partial charge >= 0.3 is 0 Å². The fourth-order valence-corrected chi connectivity index (χ4v) is 2.88. The maximum atomic E-state index is 6.04. The molecule has 0 atom stereocenters. The van der Waals surface area contributed by atoms with Gasteiger partial charge in [0.05, 0.1) is 10.2 Å². The van der Waals surface area contributed by atoms with Crippen LogP contribution in [-0.2, 0) is 5.41 Å². The average Bonchev–Trinajstić information content (AvgIpc) is 2.40. The molecule has 0 radical (unpaired) electrons. The van der Waals surface area contributed by atoms with Crippen molar-refractivity contribution in [2.45, 2.75) is 46.0 Å². The van der Waals surface area contributed by atoms with Gasteiger partial charge < -0.3 is 5.73 Å². The van der Waals surface area contributed by atoms with Crippen LogP contribution in [-0.4, -0.2) is 9.97 Å². The normalized spacial score (nSPS) is 12.0. The zero-order valence-electron chi connectivity index (χ0n) is 13.2. The summed E-state index contributed by atoms with van der Waals surface area (Å²) >= 11 is 3.50. The van der Waals surface area contributed by atoms with Crippen LogP contribution in [0.5, 0.6) is 0 Å². The van der Waals surface area contributed by atoms with Crippen molar-refractivity contribution >= 4 is 21.7 Å². The van der Waals surface area contributed by atoms with Crippen LogP contribution in [0.1, 0.15) is 51.8 Å². The summed E-state index contributed by atoms with van der Waals surface area (Å²) < 4.78 is 0.789. The highest BCUT2D eigenvalue weighted by atomic mass is 79.9. The first-order valence-electron chi connectivity index (χ1n) is 7.14. The van der Waals surface area contributed by atoms with Gasteiger partial charge in [-0.15, -0.1) is 0 Å². The summed E-state index contributed by atoms with van der Waals surface area (Å²) in [5, 5.41) is 0. The van der Waals surface area contributed by atoms with Crippen LogP contribution in [0, 0.1) is 0 Å². The number of nitrogens with two attached hydrogens (primary N) is 1. The largest absolute Gasteiger partial charge is 0.383 e. The Labute approximate surface area is 135 Å². The van der Waals surface area contributed by atoms with E-state index < -0.39 is 0 Å². The molecule has 2 aromatic rings. The maximum absolute atomic E-state index is 6.04. The quantitative estimate of drug-likeness (QED) is 0.839. The van der Waals surface area contributed by atoms with Gasteiger partial charge in [0, 0.05) is 11.0 Å². The number of rotatable bonds is 2. The van der Waals surface area contributed by atoms with Crippen molar-refractivity contribution in [3.63, 3.8) is 0 Å². The maximum Gasteiger partial charge on any atom is 0.161 e. The Morgan fingerprint density at radius 1 is 1.05 bits per heavy atom. The van der Waals surface area contributed by atoms with E-state index in [1.165, 1.54) is 5.56 Å². The van der Waals surface area contributed by atoms with Gasteiger partial charge in [-0.2, -0.15) is 0 Å². The highest BCUT2D eigenvalue weighted by Crippen LogP contribution is 2.33. The van der Waals surface area contributed by atoms with Gasteiger partial charge in [-0.1, -0.05) is 58.9 Å². The van der Waals surface area contributed by atoms with Crippen LogP contribution in [0.25, 0.3) is 11.4 Å². The molecule has 3 nitrogen and oxygen atoms in total. The van der Waals surface area contributed by atoms with E-state index in [2.05, 4.69) is 79.8 Å². The third kappa shape index (κ3) is 3.43. The number of aromatic nitrogens is 2. The van der Waals surface area contributed by atoms with E-state index in [0.717, 1.165) is 15.7 Å². The number of halogens is 1. The summed E-state index contributed by atoms with van der Waals surface area (Å²) in [4.78, 5) is 9.12. The fraction of sp³-hybridized carbons (Fsp3) is 0.412. The predicted molar refractivity (Wildman–Crippen MR) is 92.4 cm³/mol. The molecule has 2 rings (SSSR count). The summed E-state index contributed by atoms with van der Waals surface area (Å²) in [6.07, 6.45) is 0. The minimum atomic E-state index is -0.0947. The van der Waals surface area contributed by atoms with Gasteiger partial charge in [-0.3, -0.25) is 0 Å². The second kappa shape index (κ2) is 5.76. The third-order valence-electron chi connectivity index (χ3n) is 3.42. The molecule has 21 heavy (non-hydrogen) atoms. The molecule has 1 aromatic heterocycles. The number of nitrogens with zero attached hydrogens (tertiary/aromatic N) is 2. The molecule has 0 spiro atoms. The van der Waals surface area contributed by atoms with Gasteiger partial charge in [-0.25, -0.2) is 9.97 Å². The molecule has 1 aromatic carbocycles. The Hall–Kier alpha value is -1.42. The molecule has 0 aliphatic rings. The Kier molecular flexibility index (Phi) is 4.38. The summed E-state index contributed by atoms with van der Waals surface area (Å²) in [5.41, 5.74) is 9.16. The second-order valence-corrected chi connectivity index (χ2v) is 7.41. The topological polar surface area (TPSA) is 51.8 Å². The van der Waals surface area contributed by atoms with Gasteiger partial charge in [0.1, 0.15) is 5.82 Å². The third-order valence-corrected chi connectivity index (χ3v) is 4.20. The minimum Gasteiger partial charge on any atom is -0.383 e. The summed E-state index contributed by atoms with van der Waals surface area (Å²) in [6.45, 7) is 10.7. The van der Waals surface area contributed by atoms with Crippen LogP contribution in [0.15, 0.2) is 28.7 Å². The molecule has 0 unspecified atom stereocenters. The lowest BCUT2D eigenvalue weighted by molar-refractivity contribution is 0.565. The molecular formula is C17H22BrN3. The fourth-order valence-electron chi connectivity index (χ4n) is 2.11. The lowest BCUT2D eigenvalue weighted by Gasteiger charge is -2.21. The lowest BCUT2D eigenvalue weighted by atomic mass is 9.91. The van der Waals surface area contributed by atoms with Crippen molar-refractivity contribution in [3.8, 4) is 11.4 Å². The van der Waals surface area contributed by atoms with Crippen molar-refractivity contribution in [1.29, 1.82) is 0 Å². The Balaban J connectivity index is 2.52. The van der Waals surface area contributed by atoms with Crippen molar-refractivity contribution < 1.29 is 0 Å². The van der Waals surface area contributed by atoms with E-state index >= 15 is 0 Å². The number of nitrogen functional groups attached to an aromatic ring is 1. The summed E-state index contributed by atoms with van der Waals surface area (Å²) in [5.74, 6) is 1.67.